The van der Waals surface area contributed by atoms with Crippen molar-refractivity contribution in [3.05, 3.63) is 12.2 Å². The summed E-state index contributed by atoms with van der Waals surface area (Å²) >= 11 is 0. The Morgan fingerprint density at radius 2 is 2.13 bits per heavy atom. The lowest BCUT2D eigenvalue weighted by Crippen LogP contribution is -2.38. The van der Waals surface area contributed by atoms with Gasteiger partial charge in [0, 0.05) is 12.3 Å². The van der Waals surface area contributed by atoms with Crippen LogP contribution in [0.25, 0.3) is 0 Å². The third kappa shape index (κ3) is 1.95. The molecule has 0 aromatic heterocycles. The molecule has 84 valence electrons. The third-order valence-electron chi connectivity index (χ3n) is 3.84. The molecule has 3 atom stereocenters. The molecule has 15 heavy (non-hydrogen) atoms. The summed E-state index contributed by atoms with van der Waals surface area (Å²) in [6, 6.07) is 0. The molecule has 1 fully saturated rings. The average molecular weight is 208 g/mol. The smallest absolute Gasteiger partial charge is 0.306 e. The van der Waals surface area contributed by atoms with Crippen LogP contribution >= 0.6 is 0 Å². The monoisotopic (exact) mass is 208 g/mol. The van der Waals surface area contributed by atoms with Gasteiger partial charge in [-0.25, -0.2) is 0 Å². The Kier molecular flexibility index (Phi) is 2.61. The van der Waals surface area contributed by atoms with Crippen LogP contribution in [0.4, 0.5) is 0 Å². The standard InChI is InChI=1S/C13H20O2/c1-4-12(14)15-13(2,3)11-8-9-5-6-10(11)7-9/h5-6,9-11H,4,7-8H2,1-3H3. The second kappa shape index (κ2) is 3.66. The fraction of sp³-hybridized carbons (Fsp3) is 0.769. The number of carbonyl (C=O) groups is 1. The first-order chi connectivity index (χ1) is 7.03. The van der Waals surface area contributed by atoms with E-state index in [9.17, 15) is 4.79 Å². The highest BCUT2D eigenvalue weighted by Gasteiger charge is 2.45. The van der Waals surface area contributed by atoms with Crippen LogP contribution in [0.5, 0.6) is 0 Å². The minimum atomic E-state index is -0.294. The molecular formula is C13H20O2. The quantitative estimate of drug-likeness (QED) is 0.526. The fourth-order valence-electron chi connectivity index (χ4n) is 3.02. The van der Waals surface area contributed by atoms with Gasteiger partial charge in [0.15, 0.2) is 0 Å². The van der Waals surface area contributed by atoms with E-state index in [1.165, 1.54) is 12.8 Å². The van der Waals surface area contributed by atoms with Crippen LogP contribution in [0.2, 0.25) is 0 Å². The Labute approximate surface area is 91.7 Å². The fourth-order valence-corrected chi connectivity index (χ4v) is 3.02. The minimum absolute atomic E-state index is 0.0771. The zero-order valence-electron chi connectivity index (χ0n) is 9.82. The van der Waals surface area contributed by atoms with E-state index in [4.69, 9.17) is 4.74 Å². The lowest BCUT2D eigenvalue weighted by Gasteiger charge is -2.35. The highest BCUT2D eigenvalue weighted by Crippen LogP contribution is 2.49. The van der Waals surface area contributed by atoms with Crippen LogP contribution in [0.3, 0.4) is 0 Å². The van der Waals surface area contributed by atoms with Gasteiger partial charge < -0.3 is 4.74 Å². The molecule has 2 bridgehead atoms. The van der Waals surface area contributed by atoms with Crippen molar-refractivity contribution in [2.75, 3.05) is 0 Å². The molecule has 0 saturated heterocycles. The van der Waals surface area contributed by atoms with Gasteiger partial charge in [-0.05, 0) is 38.5 Å². The molecule has 2 aliphatic rings. The van der Waals surface area contributed by atoms with Crippen molar-refractivity contribution in [2.45, 2.75) is 45.6 Å². The minimum Gasteiger partial charge on any atom is -0.459 e. The molecular weight excluding hydrogens is 188 g/mol. The molecule has 2 nitrogen and oxygen atoms in total. The van der Waals surface area contributed by atoms with Gasteiger partial charge in [-0.1, -0.05) is 19.1 Å². The summed E-state index contributed by atoms with van der Waals surface area (Å²) in [7, 11) is 0. The zero-order chi connectivity index (χ0) is 11.1. The van der Waals surface area contributed by atoms with E-state index in [1.807, 2.05) is 6.92 Å². The molecule has 0 radical (unpaired) electrons. The maximum Gasteiger partial charge on any atom is 0.306 e. The van der Waals surface area contributed by atoms with Crippen LogP contribution in [0.15, 0.2) is 12.2 Å². The Morgan fingerprint density at radius 1 is 1.40 bits per heavy atom. The highest BCUT2D eigenvalue weighted by atomic mass is 16.6. The van der Waals surface area contributed by atoms with E-state index in [1.54, 1.807) is 0 Å². The van der Waals surface area contributed by atoms with Crippen molar-refractivity contribution in [3.8, 4) is 0 Å². The van der Waals surface area contributed by atoms with Crippen LogP contribution in [0.1, 0.15) is 40.0 Å². The lowest BCUT2D eigenvalue weighted by atomic mass is 9.80. The largest absolute Gasteiger partial charge is 0.459 e. The second-order valence-corrected chi connectivity index (χ2v) is 5.32. The molecule has 0 spiro atoms. The number of rotatable bonds is 3. The molecule has 0 aliphatic heterocycles. The second-order valence-electron chi connectivity index (χ2n) is 5.32. The van der Waals surface area contributed by atoms with Gasteiger partial charge in [-0.2, -0.15) is 0 Å². The summed E-state index contributed by atoms with van der Waals surface area (Å²) < 4.78 is 5.55. The van der Waals surface area contributed by atoms with E-state index in [2.05, 4.69) is 26.0 Å². The maximum absolute atomic E-state index is 11.4. The summed E-state index contributed by atoms with van der Waals surface area (Å²) in [5.74, 6) is 1.81. The maximum atomic E-state index is 11.4. The average Bonchev–Trinajstić information content (AvgIpc) is 2.77. The van der Waals surface area contributed by atoms with Gasteiger partial charge in [-0.15, -0.1) is 0 Å². The van der Waals surface area contributed by atoms with Gasteiger partial charge in [0.05, 0.1) is 0 Å². The molecule has 0 aromatic rings. The predicted octanol–water partition coefficient (Wildman–Crippen LogP) is 2.93. The number of hydrogen-bond acceptors (Lipinski definition) is 2. The first-order valence-corrected chi connectivity index (χ1v) is 5.93. The van der Waals surface area contributed by atoms with Gasteiger partial charge in [-0.3, -0.25) is 4.79 Å². The van der Waals surface area contributed by atoms with Crippen molar-refractivity contribution in [2.24, 2.45) is 17.8 Å². The van der Waals surface area contributed by atoms with Crippen LogP contribution in [-0.4, -0.2) is 11.6 Å². The molecule has 0 heterocycles. The van der Waals surface area contributed by atoms with Crippen molar-refractivity contribution in [1.29, 1.82) is 0 Å². The Morgan fingerprint density at radius 3 is 2.60 bits per heavy atom. The first-order valence-electron chi connectivity index (χ1n) is 5.93. The van der Waals surface area contributed by atoms with E-state index >= 15 is 0 Å². The molecule has 2 rings (SSSR count). The Hall–Kier alpha value is -0.790. The lowest BCUT2D eigenvalue weighted by molar-refractivity contribution is -0.162. The van der Waals surface area contributed by atoms with Crippen LogP contribution in [0, 0.1) is 17.8 Å². The Bertz CT molecular complexity index is 291. The Balaban J connectivity index is 2.03. The molecule has 2 aliphatic carbocycles. The van der Waals surface area contributed by atoms with Crippen molar-refractivity contribution < 1.29 is 9.53 Å². The molecule has 3 unspecified atom stereocenters. The summed E-state index contributed by atoms with van der Waals surface area (Å²) in [5.41, 5.74) is -0.294. The number of carbonyl (C=O) groups excluding carboxylic acids is 1. The number of fused-ring (bicyclic) bond motifs is 2. The summed E-state index contributed by atoms with van der Waals surface area (Å²) in [6.45, 7) is 5.96. The van der Waals surface area contributed by atoms with Crippen molar-refractivity contribution in [1.82, 2.24) is 0 Å². The van der Waals surface area contributed by atoms with E-state index in [0.29, 0.717) is 18.3 Å². The topological polar surface area (TPSA) is 26.3 Å². The van der Waals surface area contributed by atoms with E-state index in [0.717, 1.165) is 5.92 Å². The summed E-state index contributed by atoms with van der Waals surface area (Å²) in [5, 5.41) is 0. The number of allylic oxidation sites excluding steroid dienone is 2. The summed E-state index contributed by atoms with van der Waals surface area (Å²) in [6.07, 6.45) is 7.54. The third-order valence-corrected chi connectivity index (χ3v) is 3.84. The normalized spacial score (nSPS) is 33.4. The zero-order valence-corrected chi connectivity index (χ0v) is 9.82. The number of esters is 1. The van der Waals surface area contributed by atoms with Crippen molar-refractivity contribution >= 4 is 5.97 Å². The van der Waals surface area contributed by atoms with Crippen LogP contribution < -0.4 is 0 Å². The predicted molar refractivity (Wildman–Crippen MR) is 59.3 cm³/mol. The van der Waals surface area contributed by atoms with E-state index < -0.39 is 0 Å². The molecule has 0 amide bonds. The molecule has 0 N–H and O–H groups in total. The van der Waals surface area contributed by atoms with E-state index in [-0.39, 0.29) is 11.6 Å². The van der Waals surface area contributed by atoms with Crippen LogP contribution in [-0.2, 0) is 9.53 Å². The van der Waals surface area contributed by atoms with Crippen molar-refractivity contribution in [3.63, 3.8) is 0 Å². The van der Waals surface area contributed by atoms with Gasteiger partial charge in [0.2, 0.25) is 0 Å². The number of ether oxygens (including phenoxy) is 1. The SMILES string of the molecule is CCC(=O)OC(C)(C)C1CC2C=CC1C2. The number of hydrogen-bond donors (Lipinski definition) is 0. The molecule has 0 aromatic carbocycles. The summed E-state index contributed by atoms with van der Waals surface area (Å²) in [4.78, 5) is 11.4. The van der Waals surface area contributed by atoms with Gasteiger partial charge in [0.25, 0.3) is 0 Å². The first kappa shape index (κ1) is 10.7. The molecule has 2 heteroatoms. The van der Waals surface area contributed by atoms with Gasteiger partial charge in [0.1, 0.15) is 5.60 Å². The highest BCUT2D eigenvalue weighted by molar-refractivity contribution is 5.69. The molecule has 1 saturated carbocycles. The van der Waals surface area contributed by atoms with Gasteiger partial charge >= 0.3 is 5.97 Å².